The summed E-state index contributed by atoms with van der Waals surface area (Å²) in [6, 6.07) is 12.6. The molecule has 0 saturated carbocycles. The molecule has 1 atom stereocenters. The van der Waals surface area contributed by atoms with Crippen LogP contribution >= 0.6 is 0 Å². The van der Waals surface area contributed by atoms with Gasteiger partial charge in [-0.15, -0.1) is 0 Å². The molecule has 2 aromatic rings. The van der Waals surface area contributed by atoms with Gasteiger partial charge >= 0.3 is 12.1 Å². The van der Waals surface area contributed by atoms with Gasteiger partial charge in [0, 0.05) is 24.3 Å². The lowest BCUT2D eigenvalue weighted by molar-refractivity contribution is -0.125. The van der Waals surface area contributed by atoms with Crippen molar-refractivity contribution in [1.82, 2.24) is 5.32 Å². The molecule has 0 spiro atoms. The predicted molar refractivity (Wildman–Crippen MR) is 147 cm³/mol. The normalized spacial score (nSPS) is 14.8. The van der Waals surface area contributed by atoms with Crippen LogP contribution in [0.2, 0.25) is 0 Å². The number of hydrogen-bond donors (Lipinski definition) is 2. The number of benzene rings is 2. The molecule has 1 saturated heterocycles. The molecule has 1 aliphatic rings. The molecule has 10 heteroatoms. The summed E-state index contributed by atoms with van der Waals surface area (Å²) in [5, 5.41) is 5.44. The van der Waals surface area contributed by atoms with Gasteiger partial charge in [-0.3, -0.25) is 9.59 Å². The smallest absolute Gasteiger partial charge is 0.408 e. The van der Waals surface area contributed by atoms with Gasteiger partial charge in [-0.05, 0) is 83.5 Å². The van der Waals surface area contributed by atoms with E-state index in [-0.39, 0.29) is 18.9 Å². The van der Waals surface area contributed by atoms with Crippen LogP contribution in [0.4, 0.5) is 16.2 Å². The Balaban J connectivity index is 1.73. The van der Waals surface area contributed by atoms with Crippen molar-refractivity contribution in [3.63, 3.8) is 0 Å². The van der Waals surface area contributed by atoms with E-state index in [1.165, 1.54) is 0 Å². The van der Waals surface area contributed by atoms with Crippen molar-refractivity contribution in [2.24, 2.45) is 0 Å². The molecule has 39 heavy (non-hydrogen) atoms. The van der Waals surface area contributed by atoms with Crippen LogP contribution in [0.25, 0.3) is 0 Å². The van der Waals surface area contributed by atoms with Crippen molar-refractivity contribution in [2.45, 2.75) is 65.2 Å². The average molecular weight is 540 g/mol. The van der Waals surface area contributed by atoms with Gasteiger partial charge < -0.3 is 29.7 Å². The maximum absolute atomic E-state index is 13.2. The Hall–Kier alpha value is -3.92. The fraction of sp³-hybridized carbons (Fsp3) is 0.448. The number of alkyl carbamates (subject to hydrolysis) is 1. The van der Waals surface area contributed by atoms with Gasteiger partial charge in [0.1, 0.15) is 23.9 Å². The summed E-state index contributed by atoms with van der Waals surface area (Å²) in [6.07, 6.45) is -0.545. The van der Waals surface area contributed by atoms with Crippen LogP contribution in [-0.2, 0) is 30.2 Å². The van der Waals surface area contributed by atoms with Crippen LogP contribution < -0.4 is 15.5 Å². The number of nitrogens with one attached hydrogen (secondary N) is 2. The van der Waals surface area contributed by atoms with Crippen LogP contribution in [0, 0.1) is 0 Å². The third kappa shape index (κ3) is 9.40. The highest BCUT2D eigenvalue weighted by atomic mass is 16.6. The maximum Gasteiger partial charge on any atom is 0.408 e. The monoisotopic (exact) mass is 539 g/mol. The number of carbonyl (C=O) groups is 4. The van der Waals surface area contributed by atoms with E-state index in [0.29, 0.717) is 24.4 Å². The Morgan fingerprint density at radius 2 is 1.54 bits per heavy atom. The Morgan fingerprint density at radius 3 is 2.10 bits per heavy atom. The SMILES string of the molecule is CC(C)(C)OC(=O)NC(Cc1ccc(N2CCOCC2=O)cc1)C(=O)Nc1ccc(C(=O)OC(C)(C)C)cc1. The molecule has 3 amide bonds. The summed E-state index contributed by atoms with van der Waals surface area (Å²) in [4.78, 5) is 51.8. The van der Waals surface area contributed by atoms with Crippen LogP contribution in [0.15, 0.2) is 48.5 Å². The fourth-order valence-electron chi connectivity index (χ4n) is 3.75. The van der Waals surface area contributed by atoms with Gasteiger partial charge in [0.25, 0.3) is 5.91 Å². The molecule has 0 radical (unpaired) electrons. The fourth-order valence-corrected chi connectivity index (χ4v) is 3.75. The number of carbonyl (C=O) groups excluding carboxylic acids is 4. The van der Waals surface area contributed by atoms with Crippen molar-refractivity contribution >= 4 is 35.3 Å². The average Bonchev–Trinajstić information content (AvgIpc) is 2.83. The Bertz CT molecular complexity index is 1180. The molecule has 0 aliphatic carbocycles. The van der Waals surface area contributed by atoms with Crippen LogP contribution in [-0.4, -0.2) is 60.9 Å². The first-order valence-electron chi connectivity index (χ1n) is 12.8. The minimum Gasteiger partial charge on any atom is -0.456 e. The molecule has 1 aliphatic heterocycles. The molecule has 1 unspecified atom stereocenters. The summed E-state index contributed by atoms with van der Waals surface area (Å²) < 4.78 is 15.9. The van der Waals surface area contributed by atoms with Gasteiger partial charge in [-0.1, -0.05) is 12.1 Å². The topological polar surface area (TPSA) is 123 Å². The molecule has 210 valence electrons. The number of amides is 3. The minimum absolute atomic E-state index is 0.0442. The second-order valence-electron chi connectivity index (χ2n) is 11.2. The quantitative estimate of drug-likeness (QED) is 0.508. The van der Waals surface area contributed by atoms with Crippen LogP contribution in [0.5, 0.6) is 0 Å². The molecule has 10 nitrogen and oxygen atoms in total. The number of rotatable bonds is 7. The van der Waals surface area contributed by atoms with Crippen molar-refractivity contribution in [3.05, 3.63) is 59.7 Å². The number of anilines is 2. The third-order valence-electron chi connectivity index (χ3n) is 5.47. The lowest BCUT2D eigenvalue weighted by Crippen LogP contribution is -2.47. The Labute approximate surface area is 229 Å². The number of esters is 1. The Kier molecular flexibility index (Phi) is 9.34. The van der Waals surface area contributed by atoms with E-state index in [2.05, 4.69) is 10.6 Å². The zero-order valence-corrected chi connectivity index (χ0v) is 23.3. The van der Waals surface area contributed by atoms with E-state index in [1.807, 2.05) is 12.1 Å². The van der Waals surface area contributed by atoms with Crippen molar-refractivity contribution in [3.8, 4) is 0 Å². The van der Waals surface area contributed by atoms with E-state index < -0.39 is 35.2 Å². The maximum atomic E-state index is 13.2. The van der Waals surface area contributed by atoms with Crippen LogP contribution in [0.1, 0.15) is 57.5 Å². The van der Waals surface area contributed by atoms with Gasteiger partial charge in [0.15, 0.2) is 0 Å². The zero-order chi connectivity index (χ0) is 28.8. The molecule has 2 aromatic carbocycles. The first-order chi connectivity index (χ1) is 18.2. The van der Waals surface area contributed by atoms with E-state index in [1.54, 1.807) is 82.8 Å². The molecule has 1 fully saturated rings. The number of nitrogens with zero attached hydrogens (tertiary/aromatic N) is 1. The molecule has 0 aromatic heterocycles. The first kappa shape index (κ1) is 29.6. The predicted octanol–water partition coefficient (Wildman–Crippen LogP) is 4.08. The number of morpholine rings is 1. The summed E-state index contributed by atoms with van der Waals surface area (Å²) in [6.45, 7) is 11.5. The third-order valence-corrected chi connectivity index (χ3v) is 5.47. The lowest BCUT2D eigenvalue weighted by atomic mass is 10.0. The molecular formula is C29H37N3O7. The summed E-state index contributed by atoms with van der Waals surface area (Å²) in [5.41, 5.74) is 0.943. The molecule has 2 N–H and O–H groups in total. The number of hydrogen-bond acceptors (Lipinski definition) is 7. The summed E-state index contributed by atoms with van der Waals surface area (Å²) in [5.74, 6) is -1.04. The largest absolute Gasteiger partial charge is 0.456 e. The minimum atomic E-state index is -0.957. The second-order valence-corrected chi connectivity index (χ2v) is 11.2. The molecule has 3 rings (SSSR count). The molecule has 1 heterocycles. The first-order valence-corrected chi connectivity index (χ1v) is 12.8. The highest BCUT2D eigenvalue weighted by Gasteiger charge is 2.26. The summed E-state index contributed by atoms with van der Waals surface area (Å²) in [7, 11) is 0. The van der Waals surface area contributed by atoms with Crippen LogP contribution in [0.3, 0.4) is 0 Å². The van der Waals surface area contributed by atoms with Crippen molar-refractivity contribution in [1.29, 1.82) is 0 Å². The number of ether oxygens (including phenoxy) is 3. The standard InChI is InChI=1S/C29H37N3O7/c1-28(2,3)38-26(35)20-9-11-21(12-10-20)30-25(34)23(31-27(36)39-29(4,5)6)17-19-7-13-22(14-8-19)32-15-16-37-18-24(32)33/h7-14,23H,15-18H2,1-6H3,(H,30,34)(H,31,36). The highest BCUT2D eigenvalue weighted by Crippen LogP contribution is 2.20. The highest BCUT2D eigenvalue weighted by molar-refractivity contribution is 5.98. The lowest BCUT2D eigenvalue weighted by Gasteiger charge is -2.27. The second kappa shape index (κ2) is 12.3. The van der Waals surface area contributed by atoms with E-state index in [0.717, 1.165) is 11.3 Å². The van der Waals surface area contributed by atoms with Gasteiger partial charge in [-0.2, -0.15) is 0 Å². The Morgan fingerprint density at radius 1 is 0.923 bits per heavy atom. The van der Waals surface area contributed by atoms with E-state index in [4.69, 9.17) is 14.2 Å². The van der Waals surface area contributed by atoms with Crippen molar-refractivity contribution in [2.75, 3.05) is 30.0 Å². The zero-order valence-electron chi connectivity index (χ0n) is 23.3. The van der Waals surface area contributed by atoms with Crippen molar-refractivity contribution < 1.29 is 33.4 Å². The van der Waals surface area contributed by atoms with Gasteiger partial charge in [-0.25, -0.2) is 9.59 Å². The van der Waals surface area contributed by atoms with Gasteiger partial charge in [0.2, 0.25) is 5.91 Å². The molecular weight excluding hydrogens is 502 g/mol. The van der Waals surface area contributed by atoms with E-state index >= 15 is 0 Å². The molecule has 0 bridgehead atoms. The summed E-state index contributed by atoms with van der Waals surface area (Å²) >= 11 is 0. The van der Waals surface area contributed by atoms with E-state index in [9.17, 15) is 19.2 Å². The van der Waals surface area contributed by atoms with Gasteiger partial charge in [0.05, 0.1) is 12.2 Å².